The van der Waals surface area contributed by atoms with Gasteiger partial charge in [0, 0.05) is 10.7 Å². The number of anilines is 2. The maximum Gasteiger partial charge on any atom is 0.276 e. The number of rotatable bonds is 5. The van der Waals surface area contributed by atoms with Crippen LogP contribution in [0.15, 0.2) is 42.5 Å². The molecule has 1 N–H and O–H groups in total. The standard InChI is InChI=1S/C18H14Cl4N2O4/c19-11-1-4-13(5-2-11)27-8-7-24-14-9-12(23-17(26)18(20,21)22)3-6-15(14)28-10-16(24)25/h1-6,9H,7-8,10H2,(H,23,26). The molecule has 0 saturated carbocycles. The maximum absolute atomic E-state index is 12.3. The van der Waals surface area contributed by atoms with Crippen molar-refractivity contribution >= 4 is 69.6 Å². The lowest BCUT2D eigenvalue weighted by Crippen LogP contribution is -2.41. The second-order valence-corrected chi connectivity index (χ2v) is 8.49. The number of carbonyl (C=O) groups is 2. The number of amides is 2. The minimum Gasteiger partial charge on any atom is -0.492 e. The second kappa shape index (κ2) is 8.66. The number of nitrogens with zero attached hydrogens (tertiary/aromatic N) is 1. The van der Waals surface area contributed by atoms with E-state index in [9.17, 15) is 9.59 Å². The van der Waals surface area contributed by atoms with Crippen LogP contribution in [-0.2, 0) is 9.59 Å². The molecule has 0 bridgehead atoms. The summed E-state index contributed by atoms with van der Waals surface area (Å²) in [7, 11) is 0. The van der Waals surface area contributed by atoms with E-state index in [1.165, 1.54) is 4.90 Å². The Kier molecular flexibility index (Phi) is 6.45. The lowest BCUT2D eigenvalue weighted by molar-refractivity contribution is -0.121. The summed E-state index contributed by atoms with van der Waals surface area (Å²) in [5.41, 5.74) is 0.843. The molecule has 1 aliphatic heterocycles. The van der Waals surface area contributed by atoms with E-state index in [-0.39, 0.29) is 25.7 Å². The smallest absolute Gasteiger partial charge is 0.276 e. The topological polar surface area (TPSA) is 67.9 Å². The molecular weight excluding hydrogens is 450 g/mol. The lowest BCUT2D eigenvalue weighted by atomic mass is 10.2. The van der Waals surface area contributed by atoms with Gasteiger partial charge in [0.15, 0.2) is 6.61 Å². The van der Waals surface area contributed by atoms with Gasteiger partial charge < -0.3 is 19.7 Å². The molecule has 0 atom stereocenters. The van der Waals surface area contributed by atoms with Gasteiger partial charge in [-0.15, -0.1) is 0 Å². The average Bonchev–Trinajstić information content (AvgIpc) is 2.64. The zero-order valence-corrected chi connectivity index (χ0v) is 17.3. The highest BCUT2D eigenvalue weighted by molar-refractivity contribution is 6.76. The molecule has 2 aromatic carbocycles. The van der Waals surface area contributed by atoms with Crippen LogP contribution >= 0.6 is 46.4 Å². The van der Waals surface area contributed by atoms with Gasteiger partial charge >= 0.3 is 0 Å². The number of alkyl halides is 3. The first-order valence-corrected chi connectivity index (χ1v) is 9.59. The number of carbonyl (C=O) groups excluding carboxylic acids is 2. The normalized spacial score (nSPS) is 13.6. The Morgan fingerprint density at radius 1 is 1.18 bits per heavy atom. The molecule has 10 heteroatoms. The zero-order chi connectivity index (χ0) is 20.3. The van der Waals surface area contributed by atoms with Gasteiger partial charge in [-0.2, -0.15) is 0 Å². The molecule has 3 rings (SSSR count). The van der Waals surface area contributed by atoms with Crippen LogP contribution in [0.3, 0.4) is 0 Å². The van der Waals surface area contributed by atoms with Crippen molar-refractivity contribution in [1.29, 1.82) is 0 Å². The van der Waals surface area contributed by atoms with Crippen LogP contribution in [0.5, 0.6) is 11.5 Å². The summed E-state index contributed by atoms with van der Waals surface area (Å²) >= 11 is 22.6. The van der Waals surface area contributed by atoms with E-state index in [2.05, 4.69) is 5.32 Å². The summed E-state index contributed by atoms with van der Waals surface area (Å²) in [4.78, 5) is 25.7. The monoisotopic (exact) mass is 462 g/mol. The molecule has 0 aliphatic carbocycles. The van der Waals surface area contributed by atoms with Gasteiger partial charge in [0.1, 0.15) is 18.1 Å². The van der Waals surface area contributed by atoms with Crippen molar-refractivity contribution in [2.45, 2.75) is 3.79 Å². The molecule has 28 heavy (non-hydrogen) atoms. The summed E-state index contributed by atoms with van der Waals surface area (Å²) in [6.45, 7) is 0.436. The van der Waals surface area contributed by atoms with Gasteiger partial charge in [-0.3, -0.25) is 9.59 Å². The van der Waals surface area contributed by atoms with Crippen LogP contribution < -0.4 is 19.7 Å². The number of halogens is 4. The van der Waals surface area contributed by atoms with E-state index in [0.29, 0.717) is 27.9 Å². The van der Waals surface area contributed by atoms with Crippen molar-refractivity contribution in [3.63, 3.8) is 0 Å². The molecule has 6 nitrogen and oxygen atoms in total. The summed E-state index contributed by atoms with van der Waals surface area (Å²) in [6.07, 6.45) is 0. The molecule has 2 aromatic rings. The van der Waals surface area contributed by atoms with Crippen molar-refractivity contribution in [2.24, 2.45) is 0 Å². The molecule has 0 unspecified atom stereocenters. The van der Waals surface area contributed by atoms with Gasteiger partial charge in [-0.05, 0) is 42.5 Å². The van der Waals surface area contributed by atoms with Crippen molar-refractivity contribution in [2.75, 3.05) is 30.0 Å². The fourth-order valence-electron chi connectivity index (χ4n) is 2.51. The highest BCUT2D eigenvalue weighted by atomic mass is 35.6. The Labute approximate surface area is 181 Å². The maximum atomic E-state index is 12.3. The third-order valence-electron chi connectivity index (χ3n) is 3.81. The summed E-state index contributed by atoms with van der Waals surface area (Å²) in [6, 6.07) is 11.7. The molecule has 0 spiro atoms. The van der Waals surface area contributed by atoms with Gasteiger partial charge in [0.2, 0.25) is 0 Å². The van der Waals surface area contributed by atoms with Crippen molar-refractivity contribution in [3.8, 4) is 11.5 Å². The fraction of sp³-hybridized carbons (Fsp3) is 0.222. The predicted molar refractivity (Wildman–Crippen MR) is 110 cm³/mol. The van der Waals surface area contributed by atoms with Gasteiger partial charge in [0.05, 0.1) is 12.2 Å². The average molecular weight is 464 g/mol. The molecule has 0 radical (unpaired) electrons. The number of benzene rings is 2. The van der Waals surface area contributed by atoms with Gasteiger partial charge in [-0.1, -0.05) is 46.4 Å². The first-order chi connectivity index (χ1) is 13.2. The Hall–Kier alpha value is -1.86. The van der Waals surface area contributed by atoms with Crippen molar-refractivity contribution in [1.82, 2.24) is 0 Å². The Morgan fingerprint density at radius 3 is 2.57 bits per heavy atom. The minimum absolute atomic E-state index is 0.0895. The third-order valence-corrected chi connectivity index (χ3v) is 4.58. The first kappa shape index (κ1) is 20.9. The third kappa shape index (κ3) is 5.14. The van der Waals surface area contributed by atoms with E-state index in [1.807, 2.05) is 0 Å². The lowest BCUT2D eigenvalue weighted by Gasteiger charge is -2.29. The molecule has 148 valence electrons. The SMILES string of the molecule is O=C1COc2ccc(NC(=O)C(Cl)(Cl)Cl)cc2N1CCOc1ccc(Cl)cc1. The van der Waals surface area contributed by atoms with E-state index < -0.39 is 9.70 Å². The number of fused-ring (bicyclic) bond motifs is 1. The van der Waals surface area contributed by atoms with E-state index in [0.717, 1.165) is 0 Å². The number of nitrogens with one attached hydrogen (secondary N) is 1. The van der Waals surface area contributed by atoms with Crippen LogP contribution in [0.25, 0.3) is 0 Å². The quantitative estimate of drug-likeness (QED) is 0.665. The Balaban J connectivity index is 1.72. The van der Waals surface area contributed by atoms with E-state index >= 15 is 0 Å². The molecule has 1 heterocycles. The van der Waals surface area contributed by atoms with E-state index in [1.54, 1.807) is 42.5 Å². The van der Waals surface area contributed by atoms with Crippen LogP contribution in [0, 0.1) is 0 Å². The van der Waals surface area contributed by atoms with Gasteiger partial charge in [-0.25, -0.2) is 0 Å². The molecule has 1 aliphatic rings. The van der Waals surface area contributed by atoms with Crippen molar-refractivity contribution < 1.29 is 19.1 Å². The van der Waals surface area contributed by atoms with Gasteiger partial charge in [0.25, 0.3) is 15.6 Å². The number of hydrogen-bond donors (Lipinski definition) is 1. The Morgan fingerprint density at radius 2 is 1.89 bits per heavy atom. The largest absolute Gasteiger partial charge is 0.492 e. The van der Waals surface area contributed by atoms with Crippen molar-refractivity contribution in [3.05, 3.63) is 47.5 Å². The Bertz CT molecular complexity index is 884. The summed E-state index contributed by atoms with van der Waals surface area (Å²) in [5.74, 6) is 0.0854. The highest BCUT2D eigenvalue weighted by Crippen LogP contribution is 2.35. The van der Waals surface area contributed by atoms with Crippen LogP contribution in [0.1, 0.15) is 0 Å². The van der Waals surface area contributed by atoms with Crippen LogP contribution in [0.2, 0.25) is 5.02 Å². The fourth-order valence-corrected chi connectivity index (χ4v) is 2.78. The predicted octanol–water partition coefficient (Wildman–Crippen LogP) is 4.45. The number of hydrogen-bond acceptors (Lipinski definition) is 4. The van der Waals surface area contributed by atoms with Crippen LogP contribution in [0.4, 0.5) is 11.4 Å². The first-order valence-electron chi connectivity index (χ1n) is 8.08. The second-order valence-electron chi connectivity index (χ2n) is 5.77. The van der Waals surface area contributed by atoms with E-state index in [4.69, 9.17) is 55.9 Å². The summed E-state index contributed by atoms with van der Waals surface area (Å²) < 4.78 is 8.98. The molecule has 0 aromatic heterocycles. The molecule has 2 amide bonds. The molecule has 0 saturated heterocycles. The highest BCUT2D eigenvalue weighted by Gasteiger charge is 2.31. The zero-order valence-electron chi connectivity index (χ0n) is 14.3. The number of ether oxygens (including phenoxy) is 2. The minimum atomic E-state index is -2.10. The molecular formula is C18H14Cl4N2O4. The molecule has 0 fully saturated rings. The summed E-state index contributed by atoms with van der Waals surface area (Å²) in [5, 5.41) is 3.09. The van der Waals surface area contributed by atoms with Crippen LogP contribution in [-0.4, -0.2) is 35.4 Å².